The molecule has 1 fully saturated rings. The van der Waals surface area contributed by atoms with Gasteiger partial charge in [0.2, 0.25) is 0 Å². The van der Waals surface area contributed by atoms with Crippen molar-refractivity contribution in [3.63, 3.8) is 0 Å². The van der Waals surface area contributed by atoms with Gasteiger partial charge in [0.1, 0.15) is 0 Å². The molecule has 1 amide bonds. The number of thioether (sulfide) groups is 1. The quantitative estimate of drug-likeness (QED) is 0.449. The van der Waals surface area contributed by atoms with E-state index in [-0.39, 0.29) is 5.91 Å². The molecule has 6 heteroatoms. The minimum atomic E-state index is -0.0325. The maximum absolute atomic E-state index is 12.8. The van der Waals surface area contributed by atoms with E-state index in [0.29, 0.717) is 6.54 Å². The number of likely N-dealkylation sites (tertiary alicyclic amines) is 1. The highest BCUT2D eigenvalue weighted by atomic mass is 32.2. The minimum absolute atomic E-state index is 0.0325. The van der Waals surface area contributed by atoms with Crippen LogP contribution in [-0.2, 0) is 18.8 Å². The molecule has 162 valence electrons. The lowest BCUT2D eigenvalue weighted by atomic mass is 10.1. The lowest BCUT2D eigenvalue weighted by molar-refractivity contribution is 0.0948. The van der Waals surface area contributed by atoms with Gasteiger partial charge < -0.3 is 5.32 Å². The Morgan fingerprint density at radius 1 is 1.06 bits per heavy atom. The first kappa shape index (κ1) is 22.1. The first-order chi connectivity index (χ1) is 15.2. The Morgan fingerprint density at radius 2 is 1.81 bits per heavy atom. The van der Waals surface area contributed by atoms with Crippen molar-refractivity contribution in [1.82, 2.24) is 15.2 Å². The van der Waals surface area contributed by atoms with E-state index >= 15 is 0 Å². The van der Waals surface area contributed by atoms with Crippen LogP contribution in [0.5, 0.6) is 0 Å². The molecule has 1 aliphatic heterocycles. The van der Waals surface area contributed by atoms with Crippen LogP contribution in [0.1, 0.15) is 51.4 Å². The summed E-state index contributed by atoms with van der Waals surface area (Å²) in [5.41, 5.74) is 4.25. The second-order valence-electron chi connectivity index (χ2n) is 7.98. The van der Waals surface area contributed by atoms with Gasteiger partial charge >= 0.3 is 0 Å². The van der Waals surface area contributed by atoms with Gasteiger partial charge in [-0.25, -0.2) is 4.98 Å². The number of benzene rings is 2. The highest BCUT2D eigenvalue weighted by Gasteiger charge is 2.13. The molecule has 0 saturated carbocycles. The number of carbonyl (C=O) groups excluding carboxylic acids is 1. The Labute approximate surface area is 193 Å². The molecule has 3 aromatic rings. The van der Waals surface area contributed by atoms with E-state index in [9.17, 15) is 4.79 Å². The third-order valence-electron chi connectivity index (χ3n) is 5.50. The van der Waals surface area contributed by atoms with Crippen molar-refractivity contribution in [2.24, 2.45) is 0 Å². The first-order valence-corrected chi connectivity index (χ1v) is 12.7. The lowest BCUT2D eigenvalue weighted by Gasteiger charge is -2.26. The average Bonchev–Trinajstić information content (AvgIpc) is 3.23. The number of thiazole rings is 1. The second kappa shape index (κ2) is 10.9. The predicted molar refractivity (Wildman–Crippen MR) is 130 cm³/mol. The number of aromatic nitrogens is 1. The van der Waals surface area contributed by atoms with Crippen molar-refractivity contribution >= 4 is 29.0 Å². The summed E-state index contributed by atoms with van der Waals surface area (Å²) in [5, 5.41) is 6.24. The predicted octanol–water partition coefficient (Wildman–Crippen LogP) is 5.66. The number of hydrogen-bond donors (Lipinski definition) is 1. The number of aryl methyl sites for hydroxylation is 1. The van der Waals surface area contributed by atoms with Gasteiger partial charge in [-0.2, -0.15) is 0 Å². The van der Waals surface area contributed by atoms with Crippen LogP contribution in [-0.4, -0.2) is 28.9 Å². The van der Waals surface area contributed by atoms with Crippen LogP contribution >= 0.6 is 23.1 Å². The van der Waals surface area contributed by atoms with Crippen LogP contribution in [0.25, 0.3) is 0 Å². The van der Waals surface area contributed by atoms with E-state index in [1.807, 2.05) is 31.2 Å². The number of amides is 1. The van der Waals surface area contributed by atoms with Crippen molar-refractivity contribution in [2.45, 2.75) is 49.9 Å². The molecule has 0 spiro atoms. The van der Waals surface area contributed by atoms with Gasteiger partial charge in [-0.15, -0.1) is 23.1 Å². The van der Waals surface area contributed by atoms with E-state index in [0.717, 1.165) is 39.0 Å². The molecule has 0 atom stereocenters. The molecule has 1 aromatic heterocycles. The number of nitrogens with zero attached hydrogens (tertiary/aromatic N) is 2. The molecule has 0 unspecified atom stereocenters. The van der Waals surface area contributed by atoms with Gasteiger partial charge in [-0.05, 0) is 56.1 Å². The standard InChI is InChI=1S/C25H29N3OS2/c1-19-27-22(17-30-19)18-31-24-8-4-3-7-23(24)25(29)26-15-20-9-11-21(12-10-20)16-28-13-5-2-6-14-28/h3-4,7-12,17H,2,5-6,13-16,18H2,1H3,(H,26,29). The highest BCUT2D eigenvalue weighted by Crippen LogP contribution is 2.27. The molecule has 0 bridgehead atoms. The van der Waals surface area contributed by atoms with Crippen molar-refractivity contribution in [1.29, 1.82) is 0 Å². The van der Waals surface area contributed by atoms with Crippen LogP contribution in [0.3, 0.4) is 0 Å². The fourth-order valence-electron chi connectivity index (χ4n) is 3.82. The van der Waals surface area contributed by atoms with Gasteiger partial charge in [0.05, 0.1) is 16.3 Å². The summed E-state index contributed by atoms with van der Waals surface area (Å²) in [5.74, 6) is 0.738. The zero-order chi connectivity index (χ0) is 21.5. The average molecular weight is 452 g/mol. The van der Waals surface area contributed by atoms with Crippen LogP contribution < -0.4 is 5.32 Å². The van der Waals surface area contributed by atoms with Crippen molar-refractivity contribution in [3.05, 3.63) is 81.3 Å². The van der Waals surface area contributed by atoms with Gasteiger partial charge in [0.25, 0.3) is 5.91 Å². The van der Waals surface area contributed by atoms with Crippen LogP contribution in [0.2, 0.25) is 0 Å². The van der Waals surface area contributed by atoms with E-state index < -0.39 is 0 Å². The molecule has 2 heterocycles. The molecule has 31 heavy (non-hydrogen) atoms. The fraction of sp³-hybridized carbons (Fsp3) is 0.360. The van der Waals surface area contributed by atoms with Gasteiger partial charge in [0, 0.05) is 29.1 Å². The zero-order valence-corrected chi connectivity index (χ0v) is 19.6. The van der Waals surface area contributed by atoms with E-state index in [1.54, 1.807) is 23.1 Å². The Kier molecular flexibility index (Phi) is 7.78. The first-order valence-electron chi connectivity index (χ1n) is 10.9. The summed E-state index contributed by atoms with van der Waals surface area (Å²) < 4.78 is 0. The van der Waals surface area contributed by atoms with E-state index in [2.05, 4.69) is 44.8 Å². The molecule has 1 N–H and O–H groups in total. The summed E-state index contributed by atoms with van der Waals surface area (Å²) in [6.45, 7) is 5.98. The lowest BCUT2D eigenvalue weighted by Crippen LogP contribution is -2.29. The Balaban J connectivity index is 1.31. The molecular weight excluding hydrogens is 422 g/mol. The topological polar surface area (TPSA) is 45.2 Å². The monoisotopic (exact) mass is 451 g/mol. The largest absolute Gasteiger partial charge is 0.348 e. The zero-order valence-electron chi connectivity index (χ0n) is 18.0. The molecule has 4 nitrogen and oxygen atoms in total. The molecule has 1 aliphatic rings. The summed E-state index contributed by atoms with van der Waals surface area (Å²) in [4.78, 5) is 20.9. The number of rotatable bonds is 8. The van der Waals surface area contributed by atoms with E-state index in [1.165, 1.54) is 37.9 Å². The van der Waals surface area contributed by atoms with Crippen LogP contribution in [0.15, 0.2) is 58.8 Å². The Morgan fingerprint density at radius 3 is 2.55 bits per heavy atom. The summed E-state index contributed by atoms with van der Waals surface area (Å²) in [6.07, 6.45) is 3.99. The number of nitrogens with one attached hydrogen (secondary N) is 1. The van der Waals surface area contributed by atoms with Gasteiger partial charge in [0.15, 0.2) is 0 Å². The van der Waals surface area contributed by atoms with E-state index in [4.69, 9.17) is 0 Å². The molecular formula is C25H29N3OS2. The Hall–Kier alpha value is -2.15. The van der Waals surface area contributed by atoms with Gasteiger partial charge in [-0.1, -0.05) is 42.8 Å². The summed E-state index contributed by atoms with van der Waals surface area (Å²) in [7, 11) is 0. The second-order valence-corrected chi connectivity index (χ2v) is 10.1. The SMILES string of the molecule is Cc1nc(CSc2ccccc2C(=O)NCc2ccc(CN3CCCCC3)cc2)cs1. The van der Waals surface area contributed by atoms with Crippen molar-refractivity contribution in [2.75, 3.05) is 13.1 Å². The fourth-order valence-corrected chi connectivity index (χ4v) is 5.48. The molecule has 1 saturated heterocycles. The maximum Gasteiger partial charge on any atom is 0.252 e. The Bertz CT molecular complexity index is 994. The third kappa shape index (κ3) is 6.42. The summed E-state index contributed by atoms with van der Waals surface area (Å²) in [6, 6.07) is 16.4. The van der Waals surface area contributed by atoms with Crippen LogP contribution in [0.4, 0.5) is 0 Å². The normalized spacial score (nSPS) is 14.5. The van der Waals surface area contributed by atoms with Crippen molar-refractivity contribution < 1.29 is 4.79 Å². The minimum Gasteiger partial charge on any atom is -0.348 e. The maximum atomic E-state index is 12.8. The number of hydrogen-bond acceptors (Lipinski definition) is 5. The molecule has 4 rings (SSSR count). The third-order valence-corrected chi connectivity index (χ3v) is 7.43. The molecule has 0 radical (unpaired) electrons. The number of carbonyl (C=O) groups is 1. The smallest absolute Gasteiger partial charge is 0.252 e. The molecule has 2 aromatic carbocycles. The summed E-state index contributed by atoms with van der Waals surface area (Å²) >= 11 is 3.32. The van der Waals surface area contributed by atoms with Gasteiger partial charge in [-0.3, -0.25) is 9.69 Å². The number of piperidine rings is 1. The van der Waals surface area contributed by atoms with Crippen molar-refractivity contribution in [3.8, 4) is 0 Å². The molecule has 0 aliphatic carbocycles. The highest BCUT2D eigenvalue weighted by molar-refractivity contribution is 7.98. The van der Waals surface area contributed by atoms with Crippen LogP contribution in [0, 0.1) is 6.92 Å².